The minimum atomic E-state index is -3.23. The van der Waals surface area contributed by atoms with Crippen molar-refractivity contribution in [2.75, 3.05) is 20.1 Å². The van der Waals surface area contributed by atoms with E-state index in [1.807, 2.05) is 31.2 Å². The van der Waals surface area contributed by atoms with Crippen LogP contribution in [0.3, 0.4) is 0 Å². The second kappa shape index (κ2) is 5.84. The van der Waals surface area contributed by atoms with Crippen molar-refractivity contribution in [3.63, 3.8) is 0 Å². The highest BCUT2D eigenvalue weighted by Crippen LogP contribution is 2.19. The van der Waals surface area contributed by atoms with Crippen molar-refractivity contribution in [1.29, 1.82) is 0 Å². The van der Waals surface area contributed by atoms with Gasteiger partial charge in [-0.1, -0.05) is 29.8 Å². The fraction of sp³-hybridized carbons (Fsp3) is 0.600. The van der Waals surface area contributed by atoms with Crippen LogP contribution in [0.5, 0.6) is 0 Å². The molecule has 20 heavy (non-hydrogen) atoms. The molecule has 0 saturated carbocycles. The molecule has 0 aliphatic carbocycles. The minimum Gasteiger partial charge on any atom is -0.298 e. The number of rotatable bonds is 3. The monoisotopic (exact) mass is 296 g/mol. The Labute approximate surface area is 122 Å². The van der Waals surface area contributed by atoms with Crippen molar-refractivity contribution in [2.45, 2.75) is 38.6 Å². The maximum Gasteiger partial charge on any atom is 0.218 e. The third kappa shape index (κ3) is 3.40. The Morgan fingerprint density at radius 1 is 1.10 bits per heavy atom. The average Bonchev–Trinajstić information content (AvgIpc) is 2.38. The summed E-state index contributed by atoms with van der Waals surface area (Å²) >= 11 is 0. The molecule has 1 saturated heterocycles. The normalized spacial score (nSPS) is 25.8. The largest absolute Gasteiger partial charge is 0.298 e. The van der Waals surface area contributed by atoms with E-state index < -0.39 is 10.0 Å². The van der Waals surface area contributed by atoms with E-state index in [0.717, 1.165) is 11.1 Å². The summed E-state index contributed by atoms with van der Waals surface area (Å²) in [5, 5.41) is 0. The molecule has 2 rings (SSSR count). The summed E-state index contributed by atoms with van der Waals surface area (Å²) in [4.78, 5) is 2.23. The predicted molar refractivity (Wildman–Crippen MR) is 82.1 cm³/mol. The van der Waals surface area contributed by atoms with Gasteiger partial charge in [-0.2, -0.15) is 4.31 Å². The Balaban J connectivity index is 2.12. The zero-order chi connectivity index (χ0) is 14.9. The summed E-state index contributed by atoms with van der Waals surface area (Å²) in [5.74, 6) is 0.0937. The lowest BCUT2D eigenvalue weighted by Gasteiger charge is -2.41. The number of aryl methyl sites for hydroxylation is 1. The summed E-state index contributed by atoms with van der Waals surface area (Å²) < 4.78 is 26.7. The molecule has 0 radical (unpaired) electrons. The number of piperazine rings is 1. The maximum absolute atomic E-state index is 12.5. The Hall–Kier alpha value is -0.910. The van der Waals surface area contributed by atoms with Gasteiger partial charge in [0.1, 0.15) is 0 Å². The highest BCUT2D eigenvalue weighted by molar-refractivity contribution is 7.88. The van der Waals surface area contributed by atoms with Crippen LogP contribution in [0.25, 0.3) is 0 Å². The molecule has 1 fully saturated rings. The smallest absolute Gasteiger partial charge is 0.218 e. The van der Waals surface area contributed by atoms with E-state index in [4.69, 9.17) is 0 Å². The van der Waals surface area contributed by atoms with Crippen LogP contribution in [-0.2, 0) is 15.8 Å². The van der Waals surface area contributed by atoms with Gasteiger partial charge < -0.3 is 0 Å². The van der Waals surface area contributed by atoms with Crippen molar-refractivity contribution >= 4 is 10.0 Å². The molecule has 1 aromatic carbocycles. The third-order valence-corrected chi connectivity index (χ3v) is 5.97. The number of nitrogens with zero attached hydrogens (tertiary/aromatic N) is 2. The fourth-order valence-electron chi connectivity index (χ4n) is 2.57. The first kappa shape index (κ1) is 15.5. The van der Waals surface area contributed by atoms with E-state index in [0.29, 0.717) is 13.1 Å². The van der Waals surface area contributed by atoms with Crippen LogP contribution in [0.4, 0.5) is 0 Å². The Morgan fingerprint density at radius 3 is 2.10 bits per heavy atom. The summed E-state index contributed by atoms with van der Waals surface area (Å²) in [7, 11) is -1.18. The van der Waals surface area contributed by atoms with E-state index in [2.05, 4.69) is 25.8 Å². The molecular weight excluding hydrogens is 272 g/mol. The van der Waals surface area contributed by atoms with Crippen LogP contribution >= 0.6 is 0 Å². The quantitative estimate of drug-likeness (QED) is 0.855. The molecule has 1 aliphatic rings. The zero-order valence-corrected chi connectivity index (χ0v) is 13.5. The van der Waals surface area contributed by atoms with Gasteiger partial charge in [0.05, 0.1) is 5.75 Å². The molecule has 0 N–H and O–H groups in total. The summed E-state index contributed by atoms with van der Waals surface area (Å²) in [6.45, 7) is 7.31. The first-order valence-corrected chi connectivity index (χ1v) is 8.66. The predicted octanol–water partition coefficient (Wildman–Crippen LogP) is 1.85. The second-order valence-electron chi connectivity index (χ2n) is 5.92. The SMILES string of the molecule is Cc1ccc(CS(=O)(=O)N2CC(C)N(C)C(C)C2)cc1. The minimum absolute atomic E-state index is 0.0937. The van der Waals surface area contributed by atoms with Gasteiger partial charge in [0, 0.05) is 25.2 Å². The van der Waals surface area contributed by atoms with E-state index in [1.54, 1.807) is 4.31 Å². The van der Waals surface area contributed by atoms with Gasteiger partial charge in [-0.3, -0.25) is 4.90 Å². The van der Waals surface area contributed by atoms with Gasteiger partial charge in [-0.25, -0.2) is 8.42 Å². The van der Waals surface area contributed by atoms with Crippen LogP contribution in [0.15, 0.2) is 24.3 Å². The van der Waals surface area contributed by atoms with Crippen molar-refractivity contribution in [1.82, 2.24) is 9.21 Å². The second-order valence-corrected chi connectivity index (χ2v) is 7.89. The molecule has 1 heterocycles. The first-order chi connectivity index (χ1) is 9.29. The lowest BCUT2D eigenvalue weighted by Crippen LogP contribution is -2.56. The molecule has 1 aliphatic heterocycles. The van der Waals surface area contributed by atoms with E-state index >= 15 is 0 Å². The van der Waals surface area contributed by atoms with Gasteiger partial charge in [0.25, 0.3) is 0 Å². The van der Waals surface area contributed by atoms with Crippen LogP contribution < -0.4 is 0 Å². The molecule has 0 bridgehead atoms. The molecule has 5 heteroatoms. The molecule has 4 nitrogen and oxygen atoms in total. The van der Waals surface area contributed by atoms with E-state index in [9.17, 15) is 8.42 Å². The zero-order valence-electron chi connectivity index (χ0n) is 12.7. The fourth-order valence-corrected chi connectivity index (χ4v) is 4.25. The molecule has 0 aromatic heterocycles. The number of hydrogen-bond donors (Lipinski definition) is 0. The van der Waals surface area contributed by atoms with Crippen molar-refractivity contribution in [3.8, 4) is 0 Å². The first-order valence-electron chi connectivity index (χ1n) is 7.05. The number of sulfonamides is 1. The van der Waals surface area contributed by atoms with Gasteiger partial charge in [-0.15, -0.1) is 0 Å². The Bertz CT molecular complexity index is 542. The van der Waals surface area contributed by atoms with Crippen molar-refractivity contribution in [2.24, 2.45) is 0 Å². The third-order valence-electron chi connectivity index (χ3n) is 4.19. The number of benzene rings is 1. The van der Waals surface area contributed by atoms with Gasteiger partial charge in [0.2, 0.25) is 10.0 Å². The molecule has 2 unspecified atom stereocenters. The topological polar surface area (TPSA) is 40.6 Å². The Morgan fingerprint density at radius 2 is 1.60 bits per heavy atom. The molecule has 0 amide bonds. The number of likely N-dealkylation sites (N-methyl/N-ethyl adjacent to an activating group) is 1. The summed E-state index contributed by atoms with van der Waals surface area (Å²) in [6.07, 6.45) is 0. The van der Waals surface area contributed by atoms with E-state index in [1.165, 1.54) is 0 Å². The number of hydrogen-bond acceptors (Lipinski definition) is 3. The summed E-state index contributed by atoms with van der Waals surface area (Å²) in [6, 6.07) is 8.23. The molecule has 0 spiro atoms. The van der Waals surface area contributed by atoms with Gasteiger partial charge >= 0.3 is 0 Å². The van der Waals surface area contributed by atoms with Gasteiger partial charge in [0.15, 0.2) is 0 Å². The highest BCUT2D eigenvalue weighted by Gasteiger charge is 2.33. The highest BCUT2D eigenvalue weighted by atomic mass is 32.2. The van der Waals surface area contributed by atoms with Crippen LogP contribution in [0.1, 0.15) is 25.0 Å². The molecule has 112 valence electrons. The summed E-state index contributed by atoms with van der Waals surface area (Å²) in [5.41, 5.74) is 2.00. The molecule has 1 aromatic rings. The van der Waals surface area contributed by atoms with E-state index in [-0.39, 0.29) is 17.8 Å². The van der Waals surface area contributed by atoms with Crippen LogP contribution in [0, 0.1) is 6.92 Å². The van der Waals surface area contributed by atoms with Crippen LogP contribution in [0.2, 0.25) is 0 Å². The standard InChI is InChI=1S/C15H24N2O2S/c1-12-5-7-15(8-6-12)11-20(18,19)17-9-13(2)16(4)14(3)10-17/h5-8,13-14H,9-11H2,1-4H3. The lowest BCUT2D eigenvalue weighted by molar-refractivity contribution is 0.105. The Kier molecular flexibility index (Phi) is 4.52. The molecular formula is C15H24N2O2S. The lowest BCUT2D eigenvalue weighted by atomic mass is 10.1. The van der Waals surface area contributed by atoms with Crippen molar-refractivity contribution in [3.05, 3.63) is 35.4 Å². The maximum atomic E-state index is 12.5. The van der Waals surface area contributed by atoms with Crippen LogP contribution in [-0.4, -0.2) is 49.8 Å². The van der Waals surface area contributed by atoms with Crippen molar-refractivity contribution < 1.29 is 8.42 Å². The molecule has 2 atom stereocenters. The average molecular weight is 296 g/mol. The van der Waals surface area contributed by atoms with Gasteiger partial charge in [-0.05, 0) is 33.4 Å².